The lowest BCUT2D eigenvalue weighted by Crippen LogP contribution is -2.20. The maximum absolute atomic E-state index is 12.1. The number of rotatable bonds is 5. The first-order chi connectivity index (χ1) is 12.2. The van der Waals surface area contributed by atoms with Gasteiger partial charge in [-0.2, -0.15) is 5.10 Å². The highest BCUT2D eigenvalue weighted by Gasteiger charge is 2.09. The normalized spacial score (nSPS) is 14.0. The molecule has 0 saturated heterocycles. The molecule has 3 rings (SSSR count). The van der Waals surface area contributed by atoms with Crippen LogP contribution >= 0.6 is 0 Å². The van der Waals surface area contributed by atoms with Crippen molar-refractivity contribution < 1.29 is 0 Å². The fourth-order valence-corrected chi connectivity index (χ4v) is 2.78. The van der Waals surface area contributed by atoms with Crippen molar-refractivity contribution in [2.45, 2.75) is 12.8 Å². The molecule has 1 aromatic heterocycles. The quantitative estimate of drug-likeness (QED) is 0.715. The van der Waals surface area contributed by atoms with Crippen LogP contribution in [0.5, 0.6) is 0 Å². The van der Waals surface area contributed by atoms with Crippen LogP contribution in [0.4, 0.5) is 11.4 Å². The second kappa shape index (κ2) is 7.65. The SMILES string of the molecule is CN=CC(=CN)n1ccc(=O)c(CCc2ccc3c(c2)NCCN3)n1. The van der Waals surface area contributed by atoms with Crippen molar-refractivity contribution in [1.82, 2.24) is 9.78 Å². The molecule has 4 N–H and O–H groups in total. The topological polar surface area (TPSA) is 97.3 Å². The van der Waals surface area contributed by atoms with E-state index in [9.17, 15) is 4.79 Å². The van der Waals surface area contributed by atoms with Gasteiger partial charge in [0.15, 0.2) is 0 Å². The summed E-state index contributed by atoms with van der Waals surface area (Å²) in [5, 5.41) is 11.1. The molecule has 7 nitrogen and oxygen atoms in total. The summed E-state index contributed by atoms with van der Waals surface area (Å²) in [6.45, 7) is 1.84. The molecule has 1 aromatic carbocycles. The average Bonchev–Trinajstić information content (AvgIpc) is 2.65. The van der Waals surface area contributed by atoms with Crippen LogP contribution in [0.2, 0.25) is 0 Å². The minimum absolute atomic E-state index is 0.0705. The van der Waals surface area contributed by atoms with Crippen LogP contribution in [0.1, 0.15) is 11.3 Å². The van der Waals surface area contributed by atoms with Crippen LogP contribution in [0.3, 0.4) is 0 Å². The van der Waals surface area contributed by atoms with Gasteiger partial charge in [-0.05, 0) is 30.5 Å². The molecular weight excluding hydrogens is 316 g/mol. The lowest BCUT2D eigenvalue weighted by molar-refractivity contribution is 0.781. The molecule has 0 bridgehead atoms. The standard InChI is InChI=1S/C18H22N6O/c1-20-12-14(11-19)24-9-6-18(25)16(23-24)5-3-13-2-4-15-17(10-13)22-8-7-21-15/h2,4,6,9-12,21-22H,3,5,7-8,19H2,1H3. The molecule has 1 aliphatic heterocycles. The monoisotopic (exact) mass is 338 g/mol. The number of aliphatic imine (C=N–C) groups is 1. The van der Waals surface area contributed by atoms with Crippen molar-refractivity contribution in [2.75, 3.05) is 30.8 Å². The highest BCUT2D eigenvalue weighted by atomic mass is 16.1. The van der Waals surface area contributed by atoms with Gasteiger partial charge < -0.3 is 16.4 Å². The first-order valence-corrected chi connectivity index (χ1v) is 8.25. The molecule has 0 saturated carbocycles. The highest BCUT2D eigenvalue weighted by molar-refractivity contribution is 6.01. The predicted octanol–water partition coefficient (Wildman–Crippen LogP) is 1.32. The van der Waals surface area contributed by atoms with Crippen LogP contribution in [-0.2, 0) is 12.8 Å². The summed E-state index contributed by atoms with van der Waals surface area (Å²) in [7, 11) is 1.66. The van der Waals surface area contributed by atoms with E-state index in [1.165, 1.54) is 12.3 Å². The minimum atomic E-state index is -0.0705. The Balaban J connectivity index is 1.78. The van der Waals surface area contributed by atoms with E-state index in [1.54, 1.807) is 24.1 Å². The molecule has 0 fully saturated rings. The van der Waals surface area contributed by atoms with Gasteiger partial charge in [0.2, 0.25) is 5.43 Å². The maximum atomic E-state index is 12.1. The average molecular weight is 338 g/mol. The van der Waals surface area contributed by atoms with Crippen molar-refractivity contribution in [3.05, 3.63) is 58.1 Å². The van der Waals surface area contributed by atoms with Crippen LogP contribution < -0.4 is 21.8 Å². The van der Waals surface area contributed by atoms with Crippen LogP contribution in [0.15, 0.2) is 46.4 Å². The van der Waals surface area contributed by atoms with Gasteiger partial charge in [0.05, 0.1) is 17.1 Å². The third-order valence-electron chi connectivity index (χ3n) is 4.07. The molecular formula is C18H22N6O. The molecule has 1 aliphatic rings. The number of aromatic nitrogens is 2. The number of hydrogen-bond acceptors (Lipinski definition) is 6. The van der Waals surface area contributed by atoms with Crippen molar-refractivity contribution >= 4 is 23.3 Å². The lowest BCUT2D eigenvalue weighted by atomic mass is 10.1. The van der Waals surface area contributed by atoms with E-state index >= 15 is 0 Å². The summed E-state index contributed by atoms with van der Waals surface area (Å²) in [6, 6.07) is 7.78. The van der Waals surface area contributed by atoms with E-state index in [1.807, 2.05) is 0 Å². The van der Waals surface area contributed by atoms with Crippen molar-refractivity contribution in [3.63, 3.8) is 0 Å². The summed E-state index contributed by atoms with van der Waals surface area (Å²) in [6.07, 6.45) is 5.91. The molecule has 0 unspecified atom stereocenters. The van der Waals surface area contributed by atoms with Gasteiger partial charge in [-0.1, -0.05) is 6.07 Å². The van der Waals surface area contributed by atoms with E-state index in [2.05, 4.69) is 38.9 Å². The van der Waals surface area contributed by atoms with Gasteiger partial charge in [0.1, 0.15) is 5.69 Å². The zero-order valence-corrected chi connectivity index (χ0v) is 14.2. The fourth-order valence-electron chi connectivity index (χ4n) is 2.78. The number of fused-ring (bicyclic) bond motifs is 1. The molecule has 0 radical (unpaired) electrons. The fraction of sp³-hybridized carbons (Fsp3) is 0.278. The van der Waals surface area contributed by atoms with E-state index < -0.39 is 0 Å². The number of nitrogens with one attached hydrogen (secondary N) is 2. The summed E-state index contributed by atoms with van der Waals surface area (Å²) in [5.41, 5.74) is 10.0. The van der Waals surface area contributed by atoms with Gasteiger partial charge in [-0.25, -0.2) is 4.68 Å². The number of allylic oxidation sites excluding steroid dienone is 1. The van der Waals surface area contributed by atoms with Crippen LogP contribution in [0.25, 0.3) is 5.70 Å². The second-order valence-electron chi connectivity index (χ2n) is 5.78. The van der Waals surface area contributed by atoms with E-state index in [4.69, 9.17) is 5.73 Å². The molecule has 0 amide bonds. The summed E-state index contributed by atoms with van der Waals surface area (Å²) in [4.78, 5) is 16.1. The number of benzene rings is 1. The molecule has 2 aromatic rings. The number of aryl methyl sites for hydroxylation is 2. The zero-order chi connectivity index (χ0) is 17.6. The largest absolute Gasteiger partial charge is 0.403 e. The maximum Gasteiger partial charge on any atom is 0.203 e. The van der Waals surface area contributed by atoms with E-state index in [-0.39, 0.29) is 5.43 Å². The molecule has 0 aliphatic carbocycles. The van der Waals surface area contributed by atoms with Gasteiger partial charge in [-0.15, -0.1) is 0 Å². The molecule has 7 heteroatoms. The first kappa shape index (κ1) is 16.8. The van der Waals surface area contributed by atoms with E-state index in [0.717, 1.165) is 36.4 Å². The minimum Gasteiger partial charge on any atom is -0.403 e. The van der Waals surface area contributed by atoms with Crippen LogP contribution in [-0.4, -0.2) is 36.1 Å². The molecule has 0 atom stereocenters. The van der Waals surface area contributed by atoms with Crippen molar-refractivity contribution in [1.29, 1.82) is 0 Å². The third-order valence-corrected chi connectivity index (χ3v) is 4.07. The van der Waals surface area contributed by atoms with Gasteiger partial charge in [-0.3, -0.25) is 9.79 Å². The third kappa shape index (κ3) is 3.88. The van der Waals surface area contributed by atoms with Crippen molar-refractivity contribution in [3.8, 4) is 0 Å². The Kier molecular flexibility index (Phi) is 5.13. The van der Waals surface area contributed by atoms with Gasteiger partial charge in [0, 0.05) is 44.8 Å². The molecule has 25 heavy (non-hydrogen) atoms. The Bertz CT molecular complexity index is 868. The first-order valence-electron chi connectivity index (χ1n) is 8.25. The Labute approximate surface area is 146 Å². The summed E-state index contributed by atoms with van der Waals surface area (Å²) < 4.78 is 1.57. The lowest BCUT2D eigenvalue weighted by Gasteiger charge is -2.20. The summed E-state index contributed by atoms with van der Waals surface area (Å²) >= 11 is 0. The van der Waals surface area contributed by atoms with Gasteiger partial charge >= 0.3 is 0 Å². The van der Waals surface area contributed by atoms with Crippen molar-refractivity contribution in [2.24, 2.45) is 10.7 Å². The number of nitrogens with two attached hydrogens (primary N) is 1. The summed E-state index contributed by atoms with van der Waals surface area (Å²) in [5.74, 6) is 0. The Morgan fingerprint density at radius 3 is 2.84 bits per heavy atom. The predicted molar refractivity (Wildman–Crippen MR) is 102 cm³/mol. The van der Waals surface area contributed by atoms with Crippen LogP contribution in [0, 0.1) is 0 Å². The zero-order valence-electron chi connectivity index (χ0n) is 14.2. The number of hydrogen-bond donors (Lipinski definition) is 3. The second-order valence-corrected chi connectivity index (χ2v) is 5.78. The molecule has 0 spiro atoms. The number of anilines is 2. The highest BCUT2D eigenvalue weighted by Crippen LogP contribution is 2.25. The molecule has 2 heterocycles. The van der Waals surface area contributed by atoms with Gasteiger partial charge in [0.25, 0.3) is 0 Å². The smallest absolute Gasteiger partial charge is 0.203 e. The Morgan fingerprint density at radius 2 is 2.08 bits per heavy atom. The Hall–Kier alpha value is -3.09. The van der Waals surface area contributed by atoms with E-state index in [0.29, 0.717) is 17.8 Å². The number of nitrogens with zero attached hydrogens (tertiary/aromatic N) is 3. The molecule has 130 valence electrons. The Morgan fingerprint density at radius 1 is 1.28 bits per heavy atom.